The number of hydrogen-bond acceptors (Lipinski definition) is 6. The molecule has 2 rings (SSSR count). The Morgan fingerprint density at radius 2 is 2.21 bits per heavy atom. The van der Waals surface area contributed by atoms with Crippen molar-refractivity contribution in [2.75, 3.05) is 18.4 Å². The summed E-state index contributed by atoms with van der Waals surface area (Å²) in [5, 5.41) is 18.8. The zero-order chi connectivity index (χ0) is 18.1. The molecule has 1 aromatic carbocycles. The summed E-state index contributed by atoms with van der Waals surface area (Å²) in [6.07, 6.45) is -1.00. The van der Waals surface area contributed by atoms with Crippen LogP contribution in [0.5, 0.6) is 0 Å². The van der Waals surface area contributed by atoms with E-state index in [2.05, 4.69) is 9.46 Å². The SMILES string of the molecule is COC(=O)[C@@H]1C[C@H](O)CN1S(=O)(=O)Nc1ccc(C#N)c(Cl)c1C. The normalized spacial score (nSPS) is 21.3. The fourth-order valence-corrected chi connectivity index (χ4v) is 4.18. The summed E-state index contributed by atoms with van der Waals surface area (Å²) in [6, 6.07) is 3.61. The number of nitrogens with one attached hydrogen (secondary N) is 1. The quantitative estimate of drug-likeness (QED) is 0.753. The summed E-state index contributed by atoms with van der Waals surface area (Å²) >= 11 is 6.03. The molecule has 24 heavy (non-hydrogen) atoms. The fraction of sp³-hybridized carbons (Fsp3) is 0.429. The number of carbonyl (C=O) groups excluding carboxylic acids is 1. The molecule has 10 heteroatoms. The average molecular weight is 374 g/mol. The Morgan fingerprint density at radius 3 is 2.79 bits per heavy atom. The number of β-amino-alcohol motifs (C(OH)–C–C–N with tert-alkyl or cyclic N) is 1. The zero-order valence-corrected chi connectivity index (χ0v) is 14.6. The molecule has 8 nitrogen and oxygen atoms in total. The third-order valence-corrected chi connectivity index (χ3v) is 5.75. The standard InChI is InChI=1S/C14H16ClN3O5S/c1-8-11(4-3-9(6-16)13(8)15)17-24(21,22)18-7-10(19)5-12(18)14(20)23-2/h3-4,10,12,17,19H,5,7H2,1-2H3/t10-,12-/m0/s1. The molecule has 2 atom stereocenters. The lowest BCUT2D eigenvalue weighted by Gasteiger charge is -2.23. The number of halogens is 1. The molecular formula is C14H16ClN3O5S. The van der Waals surface area contributed by atoms with Gasteiger partial charge in [0.1, 0.15) is 12.1 Å². The fourth-order valence-electron chi connectivity index (χ4n) is 2.48. The molecule has 2 N–H and O–H groups in total. The highest BCUT2D eigenvalue weighted by Crippen LogP contribution is 2.30. The third kappa shape index (κ3) is 3.47. The molecule has 1 aliphatic heterocycles. The zero-order valence-electron chi connectivity index (χ0n) is 13.0. The maximum atomic E-state index is 12.6. The summed E-state index contributed by atoms with van der Waals surface area (Å²) < 4.78 is 33.0. The highest BCUT2D eigenvalue weighted by atomic mass is 35.5. The van der Waals surface area contributed by atoms with E-state index in [4.69, 9.17) is 16.9 Å². The van der Waals surface area contributed by atoms with Gasteiger partial charge in [0.05, 0.1) is 29.5 Å². The van der Waals surface area contributed by atoms with E-state index < -0.39 is 28.3 Å². The van der Waals surface area contributed by atoms with E-state index in [9.17, 15) is 18.3 Å². The number of aliphatic hydroxyl groups excluding tert-OH is 1. The van der Waals surface area contributed by atoms with E-state index in [0.29, 0.717) is 5.56 Å². The molecule has 0 bridgehead atoms. The molecule has 0 radical (unpaired) electrons. The minimum Gasteiger partial charge on any atom is -0.468 e. The van der Waals surface area contributed by atoms with Gasteiger partial charge in [-0.1, -0.05) is 11.6 Å². The molecule has 0 saturated carbocycles. The first-order chi connectivity index (χ1) is 11.2. The lowest BCUT2D eigenvalue weighted by molar-refractivity contribution is -0.144. The van der Waals surface area contributed by atoms with Gasteiger partial charge in [0, 0.05) is 13.0 Å². The van der Waals surface area contributed by atoms with Crippen LogP contribution in [0, 0.1) is 18.3 Å². The average Bonchev–Trinajstić information content (AvgIpc) is 2.94. The van der Waals surface area contributed by atoms with Gasteiger partial charge < -0.3 is 9.84 Å². The second kappa shape index (κ2) is 6.94. The van der Waals surface area contributed by atoms with Gasteiger partial charge in [-0.15, -0.1) is 0 Å². The lowest BCUT2D eigenvalue weighted by Crippen LogP contribution is -2.44. The van der Waals surface area contributed by atoms with Gasteiger partial charge in [0.25, 0.3) is 0 Å². The van der Waals surface area contributed by atoms with E-state index in [1.165, 1.54) is 12.1 Å². The molecular weight excluding hydrogens is 358 g/mol. The molecule has 1 aromatic rings. The van der Waals surface area contributed by atoms with Gasteiger partial charge in [0.2, 0.25) is 0 Å². The van der Waals surface area contributed by atoms with Gasteiger partial charge in [-0.2, -0.15) is 18.0 Å². The van der Waals surface area contributed by atoms with Crippen molar-refractivity contribution in [3.05, 3.63) is 28.3 Å². The van der Waals surface area contributed by atoms with Gasteiger partial charge in [-0.05, 0) is 24.6 Å². The molecule has 130 valence electrons. The molecule has 1 saturated heterocycles. The van der Waals surface area contributed by atoms with Crippen LogP contribution in [0.4, 0.5) is 5.69 Å². The number of anilines is 1. The number of hydrogen-bond donors (Lipinski definition) is 2. The second-order valence-electron chi connectivity index (χ2n) is 5.32. The van der Waals surface area contributed by atoms with Crippen LogP contribution in [0.15, 0.2) is 12.1 Å². The Morgan fingerprint density at radius 1 is 1.54 bits per heavy atom. The highest BCUT2D eigenvalue weighted by molar-refractivity contribution is 7.90. The molecule has 0 unspecified atom stereocenters. The van der Waals surface area contributed by atoms with Crippen LogP contribution in [0.25, 0.3) is 0 Å². The van der Waals surface area contributed by atoms with Crippen molar-refractivity contribution in [3.63, 3.8) is 0 Å². The molecule has 1 fully saturated rings. The van der Waals surface area contributed by atoms with Gasteiger partial charge in [0.15, 0.2) is 0 Å². The molecule has 1 aliphatic rings. The first-order valence-electron chi connectivity index (χ1n) is 6.96. The number of nitriles is 1. The van der Waals surface area contributed by atoms with Crippen LogP contribution in [0.3, 0.4) is 0 Å². The second-order valence-corrected chi connectivity index (χ2v) is 7.32. The van der Waals surface area contributed by atoms with Crippen molar-refractivity contribution in [2.24, 2.45) is 0 Å². The molecule has 0 spiro atoms. The number of nitrogens with zero attached hydrogens (tertiary/aromatic N) is 2. The maximum Gasteiger partial charge on any atom is 0.324 e. The van der Waals surface area contributed by atoms with Crippen molar-refractivity contribution in [1.82, 2.24) is 4.31 Å². The van der Waals surface area contributed by atoms with E-state index in [-0.39, 0.29) is 29.2 Å². The van der Waals surface area contributed by atoms with E-state index >= 15 is 0 Å². The number of rotatable bonds is 4. The summed E-state index contributed by atoms with van der Waals surface area (Å²) in [4.78, 5) is 11.7. The van der Waals surface area contributed by atoms with E-state index in [1.54, 1.807) is 6.92 Å². The topological polar surface area (TPSA) is 120 Å². The number of benzene rings is 1. The van der Waals surface area contributed by atoms with Crippen LogP contribution >= 0.6 is 11.6 Å². The number of ether oxygens (including phenoxy) is 1. The Kier molecular flexibility index (Phi) is 5.35. The number of carbonyl (C=O) groups is 1. The number of methoxy groups -OCH3 is 1. The Bertz CT molecular complexity index is 805. The van der Waals surface area contributed by atoms with Crippen molar-refractivity contribution < 1.29 is 23.1 Å². The van der Waals surface area contributed by atoms with Crippen LogP contribution in [-0.4, -0.2) is 49.6 Å². The smallest absolute Gasteiger partial charge is 0.324 e. The van der Waals surface area contributed by atoms with Gasteiger partial charge in [-0.3, -0.25) is 9.52 Å². The highest BCUT2D eigenvalue weighted by Gasteiger charge is 2.43. The van der Waals surface area contributed by atoms with Gasteiger partial charge in [-0.25, -0.2) is 0 Å². The van der Waals surface area contributed by atoms with Crippen LogP contribution in [0.2, 0.25) is 5.02 Å². The van der Waals surface area contributed by atoms with E-state index in [1.807, 2.05) is 6.07 Å². The largest absolute Gasteiger partial charge is 0.468 e. The predicted octanol–water partition coefficient (Wildman–Crippen LogP) is 0.785. The Balaban J connectivity index is 2.33. The van der Waals surface area contributed by atoms with Crippen molar-refractivity contribution in [3.8, 4) is 6.07 Å². The minimum atomic E-state index is -4.13. The number of aliphatic hydroxyl groups is 1. The minimum absolute atomic E-state index is 0.0410. The molecule has 1 heterocycles. The summed E-state index contributed by atoms with van der Waals surface area (Å²) in [5.74, 6) is -0.744. The van der Waals surface area contributed by atoms with Crippen molar-refractivity contribution in [1.29, 1.82) is 5.26 Å². The predicted molar refractivity (Wildman–Crippen MR) is 86.6 cm³/mol. The summed E-state index contributed by atoms with van der Waals surface area (Å²) in [6.45, 7) is 1.34. The molecule has 0 aromatic heterocycles. The van der Waals surface area contributed by atoms with Crippen LogP contribution in [0.1, 0.15) is 17.5 Å². The number of esters is 1. The Hall–Kier alpha value is -1.86. The van der Waals surface area contributed by atoms with Crippen molar-refractivity contribution >= 4 is 33.5 Å². The summed E-state index contributed by atoms with van der Waals surface area (Å²) in [5.41, 5.74) is 0.791. The van der Waals surface area contributed by atoms with Gasteiger partial charge >= 0.3 is 16.2 Å². The first kappa shape index (κ1) is 18.5. The van der Waals surface area contributed by atoms with Crippen molar-refractivity contribution in [2.45, 2.75) is 25.5 Å². The Labute approximate surface area is 144 Å². The summed E-state index contributed by atoms with van der Waals surface area (Å²) in [7, 11) is -2.98. The van der Waals surface area contributed by atoms with E-state index in [0.717, 1.165) is 11.4 Å². The molecule has 0 amide bonds. The van der Waals surface area contributed by atoms with Crippen LogP contribution < -0.4 is 4.72 Å². The molecule has 0 aliphatic carbocycles. The monoisotopic (exact) mass is 373 g/mol. The lowest BCUT2D eigenvalue weighted by atomic mass is 10.1. The third-order valence-electron chi connectivity index (χ3n) is 3.76. The van der Waals surface area contributed by atoms with Crippen LogP contribution in [-0.2, 0) is 19.7 Å². The first-order valence-corrected chi connectivity index (χ1v) is 8.77. The maximum absolute atomic E-state index is 12.6.